The second-order valence-electron chi connectivity index (χ2n) is 10.1. The molecule has 40 heavy (non-hydrogen) atoms. The quantitative estimate of drug-likeness (QED) is 0.284. The highest BCUT2D eigenvalue weighted by Gasteiger charge is 2.40. The van der Waals surface area contributed by atoms with E-state index in [1.165, 1.54) is 12.4 Å². The summed E-state index contributed by atoms with van der Waals surface area (Å²) in [5, 5.41) is 3.72. The van der Waals surface area contributed by atoms with Crippen LogP contribution < -0.4 is 4.90 Å². The number of alkyl halides is 5. The molecule has 8 nitrogen and oxygen atoms in total. The number of rotatable bonds is 5. The Hall–Kier alpha value is -3.81. The van der Waals surface area contributed by atoms with Gasteiger partial charge in [0, 0.05) is 23.9 Å². The number of hydrogen-bond acceptors (Lipinski definition) is 7. The number of anilines is 1. The predicted molar refractivity (Wildman–Crippen MR) is 131 cm³/mol. The van der Waals surface area contributed by atoms with Crippen molar-refractivity contribution in [2.24, 2.45) is 5.92 Å². The van der Waals surface area contributed by atoms with Gasteiger partial charge in [-0.2, -0.15) is 32.0 Å². The maximum absolute atomic E-state index is 15.2. The minimum atomic E-state index is -4.72. The third-order valence-electron chi connectivity index (χ3n) is 7.23. The molecule has 1 aromatic carbocycles. The summed E-state index contributed by atoms with van der Waals surface area (Å²) in [6, 6.07) is 2.23. The highest BCUT2D eigenvalue weighted by atomic mass is 19.4. The normalized spacial score (nSPS) is 20.1. The molecule has 0 radical (unpaired) electrons. The SMILES string of the molecule is Cc1nc2nc(N3C[C@@H](C4CC4)O[C@@H](c4cnn(C(F)F)c4)C3)nc(-c3ccc(C(F)(F)F)cc3F)c2nc1C. The lowest BCUT2D eigenvalue weighted by atomic mass is 10.1. The van der Waals surface area contributed by atoms with Crippen molar-refractivity contribution >= 4 is 17.1 Å². The van der Waals surface area contributed by atoms with Gasteiger partial charge in [-0.3, -0.25) is 0 Å². The summed E-state index contributed by atoms with van der Waals surface area (Å²) in [4.78, 5) is 20.0. The van der Waals surface area contributed by atoms with E-state index in [1.807, 2.05) is 0 Å². The van der Waals surface area contributed by atoms with Crippen LogP contribution in [0.15, 0.2) is 30.6 Å². The molecule has 6 rings (SSSR count). The fourth-order valence-electron chi connectivity index (χ4n) is 4.80. The average Bonchev–Trinajstić information content (AvgIpc) is 3.63. The monoisotopic (exact) mass is 563 g/mol. The van der Waals surface area contributed by atoms with Crippen molar-refractivity contribution in [2.75, 3.05) is 18.0 Å². The number of halogens is 6. The molecule has 3 aromatic heterocycles. The van der Waals surface area contributed by atoms with Crippen molar-refractivity contribution in [2.45, 2.75) is 51.6 Å². The van der Waals surface area contributed by atoms with Gasteiger partial charge in [-0.15, -0.1) is 0 Å². The maximum atomic E-state index is 15.2. The van der Waals surface area contributed by atoms with Crippen LogP contribution in [0.2, 0.25) is 0 Å². The largest absolute Gasteiger partial charge is 0.416 e. The van der Waals surface area contributed by atoms with E-state index in [0.717, 1.165) is 25.0 Å². The standard InChI is InChI=1S/C26H23F6N7O/c1-12-13(2)35-23-22(34-12)21(17-6-5-16(7-18(17)27)26(30,31)32)36-25(37-23)38-10-19(14-3-4-14)40-20(11-38)15-8-33-39(9-15)24(28)29/h5-9,14,19-20,24H,3-4,10-11H2,1-2H3/t19-,20+/m0/s1. The summed E-state index contributed by atoms with van der Waals surface area (Å²) in [6.45, 7) is 1.19. The van der Waals surface area contributed by atoms with Crippen molar-refractivity contribution in [3.63, 3.8) is 0 Å². The van der Waals surface area contributed by atoms with Crippen molar-refractivity contribution in [1.29, 1.82) is 0 Å². The van der Waals surface area contributed by atoms with Crippen LogP contribution in [0.5, 0.6) is 0 Å². The van der Waals surface area contributed by atoms with Crippen LogP contribution in [0.4, 0.5) is 32.3 Å². The molecule has 14 heteroatoms. The molecule has 2 fully saturated rings. The Bertz CT molecular complexity index is 1590. The molecule has 2 aliphatic rings. The van der Waals surface area contributed by atoms with Crippen molar-refractivity contribution in [1.82, 2.24) is 29.7 Å². The first-order chi connectivity index (χ1) is 19.0. The Morgan fingerprint density at radius 1 is 1.00 bits per heavy atom. The first kappa shape index (κ1) is 26.4. The third kappa shape index (κ3) is 4.95. The number of benzene rings is 1. The fourth-order valence-corrected chi connectivity index (χ4v) is 4.80. The zero-order valence-electron chi connectivity index (χ0n) is 21.3. The Morgan fingerprint density at radius 3 is 2.40 bits per heavy atom. The van der Waals surface area contributed by atoms with Gasteiger partial charge in [0.1, 0.15) is 23.1 Å². The topological polar surface area (TPSA) is 81.9 Å². The van der Waals surface area contributed by atoms with Gasteiger partial charge in [-0.25, -0.2) is 24.0 Å². The number of aryl methyl sites for hydroxylation is 2. The van der Waals surface area contributed by atoms with Gasteiger partial charge in [0.25, 0.3) is 0 Å². The second-order valence-corrected chi connectivity index (χ2v) is 10.1. The molecule has 4 aromatic rings. The highest BCUT2D eigenvalue weighted by Crippen LogP contribution is 2.41. The lowest BCUT2D eigenvalue weighted by Gasteiger charge is -2.38. The number of morpholine rings is 1. The van der Waals surface area contributed by atoms with E-state index in [-0.39, 0.29) is 46.9 Å². The van der Waals surface area contributed by atoms with E-state index >= 15 is 4.39 Å². The van der Waals surface area contributed by atoms with E-state index in [9.17, 15) is 22.0 Å². The van der Waals surface area contributed by atoms with E-state index in [2.05, 4.69) is 25.0 Å². The molecule has 2 atom stereocenters. The number of aromatic nitrogens is 6. The number of fused-ring (bicyclic) bond motifs is 1. The molecule has 0 bridgehead atoms. The van der Waals surface area contributed by atoms with Gasteiger partial charge in [-0.1, -0.05) is 0 Å². The molecule has 0 unspecified atom stereocenters. The van der Waals surface area contributed by atoms with E-state index in [0.29, 0.717) is 34.2 Å². The third-order valence-corrected chi connectivity index (χ3v) is 7.23. The molecule has 0 amide bonds. The van der Waals surface area contributed by atoms with E-state index in [1.54, 1.807) is 18.7 Å². The molecule has 1 aliphatic heterocycles. The fraction of sp³-hybridized carbons (Fsp3) is 0.423. The van der Waals surface area contributed by atoms with Gasteiger partial charge in [0.05, 0.1) is 35.8 Å². The van der Waals surface area contributed by atoms with Crippen LogP contribution in [0.1, 0.15) is 48.0 Å². The van der Waals surface area contributed by atoms with Gasteiger partial charge in [0.15, 0.2) is 5.65 Å². The van der Waals surface area contributed by atoms with Crippen molar-refractivity contribution in [3.05, 3.63) is 58.9 Å². The number of ether oxygens (including phenoxy) is 1. The van der Waals surface area contributed by atoms with Gasteiger partial charge in [0.2, 0.25) is 5.95 Å². The summed E-state index contributed by atoms with van der Waals surface area (Å²) in [5.41, 5.74) is 0.556. The summed E-state index contributed by atoms with van der Waals surface area (Å²) in [5.74, 6) is -0.692. The second kappa shape index (κ2) is 9.68. The van der Waals surface area contributed by atoms with E-state index in [4.69, 9.17) is 4.74 Å². The Morgan fingerprint density at radius 2 is 1.75 bits per heavy atom. The van der Waals surface area contributed by atoms with Crippen LogP contribution in [-0.4, -0.2) is 48.9 Å². The Labute approximate surface area is 224 Å². The highest BCUT2D eigenvalue weighted by molar-refractivity contribution is 5.88. The van der Waals surface area contributed by atoms with Crippen LogP contribution in [0.25, 0.3) is 22.4 Å². The minimum Gasteiger partial charge on any atom is -0.366 e. The molecule has 210 valence electrons. The molecule has 0 N–H and O–H groups in total. The van der Waals surface area contributed by atoms with Crippen LogP contribution >= 0.6 is 0 Å². The molecule has 4 heterocycles. The lowest BCUT2D eigenvalue weighted by Crippen LogP contribution is -2.45. The zero-order chi connectivity index (χ0) is 28.3. The molecule has 0 spiro atoms. The Kier molecular flexibility index (Phi) is 6.39. The van der Waals surface area contributed by atoms with Crippen LogP contribution in [-0.2, 0) is 10.9 Å². The smallest absolute Gasteiger partial charge is 0.366 e. The minimum absolute atomic E-state index is 0.00152. The molecule has 1 saturated heterocycles. The van der Waals surface area contributed by atoms with Gasteiger partial charge < -0.3 is 9.64 Å². The molecular weight excluding hydrogens is 540 g/mol. The summed E-state index contributed by atoms with van der Waals surface area (Å²) >= 11 is 0. The first-order valence-corrected chi connectivity index (χ1v) is 12.6. The molecule has 1 saturated carbocycles. The van der Waals surface area contributed by atoms with Crippen LogP contribution in [0, 0.1) is 25.6 Å². The summed E-state index contributed by atoms with van der Waals surface area (Å²) < 4.78 is 87.9. The molecule has 1 aliphatic carbocycles. The predicted octanol–water partition coefficient (Wildman–Crippen LogP) is 5.81. The maximum Gasteiger partial charge on any atom is 0.416 e. The van der Waals surface area contributed by atoms with Crippen molar-refractivity contribution < 1.29 is 31.1 Å². The Balaban J connectivity index is 1.45. The number of nitrogens with zero attached hydrogens (tertiary/aromatic N) is 7. The number of hydrogen-bond donors (Lipinski definition) is 0. The van der Waals surface area contributed by atoms with E-state index < -0.39 is 30.2 Å². The van der Waals surface area contributed by atoms with Gasteiger partial charge in [-0.05, 0) is 50.8 Å². The summed E-state index contributed by atoms with van der Waals surface area (Å²) in [7, 11) is 0. The van der Waals surface area contributed by atoms with Crippen molar-refractivity contribution in [3.8, 4) is 11.3 Å². The van der Waals surface area contributed by atoms with Gasteiger partial charge >= 0.3 is 12.7 Å². The van der Waals surface area contributed by atoms with Crippen LogP contribution in [0.3, 0.4) is 0 Å². The summed E-state index contributed by atoms with van der Waals surface area (Å²) in [6.07, 6.45) is -1.13. The average molecular weight is 564 g/mol. The first-order valence-electron chi connectivity index (χ1n) is 12.6. The lowest BCUT2D eigenvalue weighted by molar-refractivity contribution is -0.137. The zero-order valence-corrected chi connectivity index (χ0v) is 21.3. The molecular formula is C26H23F6N7O.